The Balaban J connectivity index is 2.60. The predicted octanol–water partition coefficient (Wildman–Crippen LogP) is 3.72. The average Bonchev–Trinajstić information content (AvgIpc) is 2.49. The molecular formula is C11H10BrNO. The third-order valence-electron chi connectivity index (χ3n) is 2.18. The number of hydrogen-bond acceptors (Lipinski definition) is 2. The van der Waals surface area contributed by atoms with Crippen LogP contribution in [0.2, 0.25) is 0 Å². The number of aromatic nitrogens is 1. The van der Waals surface area contributed by atoms with E-state index >= 15 is 0 Å². The Morgan fingerprint density at radius 2 is 1.93 bits per heavy atom. The summed E-state index contributed by atoms with van der Waals surface area (Å²) in [5, 5.41) is 3.91. The van der Waals surface area contributed by atoms with Gasteiger partial charge in [0.15, 0.2) is 5.76 Å². The van der Waals surface area contributed by atoms with Crippen molar-refractivity contribution in [3.63, 3.8) is 0 Å². The van der Waals surface area contributed by atoms with Gasteiger partial charge in [0.05, 0.1) is 10.2 Å². The molecule has 72 valence electrons. The molecule has 2 nitrogen and oxygen atoms in total. The van der Waals surface area contributed by atoms with Crippen LogP contribution in [0.3, 0.4) is 0 Å². The summed E-state index contributed by atoms with van der Waals surface area (Å²) in [5.74, 6) is 0.806. The van der Waals surface area contributed by atoms with Crippen LogP contribution in [0.25, 0.3) is 11.3 Å². The van der Waals surface area contributed by atoms with Crippen molar-refractivity contribution in [1.29, 1.82) is 0 Å². The first-order valence-corrected chi connectivity index (χ1v) is 5.17. The summed E-state index contributed by atoms with van der Waals surface area (Å²) in [7, 11) is 0. The molecular weight excluding hydrogens is 242 g/mol. The highest BCUT2D eigenvalue weighted by molar-refractivity contribution is 9.10. The Labute approximate surface area is 91.1 Å². The summed E-state index contributed by atoms with van der Waals surface area (Å²) >= 11 is 3.46. The highest BCUT2D eigenvalue weighted by Gasteiger charge is 2.13. The molecule has 1 aromatic heterocycles. The van der Waals surface area contributed by atoms with Crippen LogP contribution >= 0.6 is 15.9 Å². The van der Waals surface area contributed by atoms with Crippen molar-refractivity contribution in [1.82, 2.24) is 5.16 Å². The number of hydrogen-bond donors (Lipinski definition) is 0. The number of rotatable bonds is 1. The zero-order chi connectivity index (χ0) is 10.1. The minimum Gasteiger partial charge on any atom is -0.355 e. The maximum atomic E-state index is 5.27. The molecule has 0 saturated heterocycles. The van der Waals surface area contributed by atoms with Crippen LogP contribution in [0.1, 0.15) is 11.3 Å². The Bertz CT molecular complexity index is 462. The van der Waals surface area contributed by atoms with Crippen LogP contribution in [0, 0.1) is 13.8 Å². The lowest BCUT2D eigenvalue weighted by molar-refractivity contribution is 0.426. The van der Waals surface area contributed by atoms with E-state index in [0.717, 1.165) is 21.5 Å². The van der Waals surface area contributed by atoms with Gasteiger partial charge in [0, 0.05) is 5.56 Å². The van der Waals surface area contributed by atoms with Gasteiger partial charge in [0.25, 0.3) is 0 Å². The molecule has 1 heterocycles. The SMILES string of the molecule is Cc1ccccc1-c1onc(C)c1Br. The van der Waals surface area contributed by atoms with Gasteiger partial charge < -0.3 is 4.52 Å². The smallest absolute Gasteiger partial charge is 0.181 e. The molecule has 0 fully saturated rings. The van der Waals surface area contributed by atoms with E-state index in [1.165, 1.54) is 5.56 Å². The Morgan fingerprint density at radius 1 is 1.21 bits per heavy atom. The van der Waals surface area contributed by atoms with E-state index in [1.807, 2.05) is 25.1 Å². The summed E-state index contributed by atoms with van der Waals surface area (Å²) in [4.78, 5) is 0. The third-order valence-corrected chi connectivity index (χ3v) is 3.11. The number of nitrogens with zero attached hydrogens (tertiary/aromatic N) is 1. The van der Waals surface area contributed by atoms with Crippen molar-refractivity contribution in [2.45, 2.75) is 13.8 Å². The van der Waals surface area contributed by atoms with Gasteiger partial charge in [-0.3, -0.25) is 0 Å². The molecule has 0 saturated carbocycles. The summed E-state index contributed by atoms with van der Waals surface area (Å²) < 4.78 is 6.20. The van der Waals surface area contributed by atoms with Crippen molar-refractivity contribution in [2.24, 2.45) is 0 Å². The van der Waals surface area contributed by atoms with Crippen LogP contribution in [0.4, 0.5) is 0 Å². The van der Waals surface area contributed by atoms with Gasteiger partial charge in [0.1, 0.15) is 0 Å². The molecule has 0 N–H and O–H groups in total. The van der Waals surface area contributed by atoms with Crippen LogP contribution < -0.4 is 0 Å². The maximum Gasteiger partial charge on any atom is 0.181 e. The lowest BCUT2D eigenvalue weighted by Crippen LogP contribution is -1.80. The summed E-state index contributed by atoms with van der Waals surface area (Å²) in [5.41, 5.74) is 3.15. The summed E-state index contributed by atoms with van der Waals surface area (Å²) in [6.45, 7) is 3.97. The Kier molecular flexibility index (Phi) is 2.42. The Hall–Kier alpha value is -1.09. The van der Waals surface area contributed by atoms with Crippen molar-refractivity contribution >= 4 is 15.9 Å². The summed E-state index contributed by atoms with van der Waals surface area (Å²) in [6.07, 6.45) is 0. The molecule has 1 aromatic carbocycles. The van der Waals surface area contributed by atoms with Gasteiger partial charge in [0.2, 0.25) is 0 Å². The first kappa shape index (κ1) is 9.46. The fourth-order valence-corrected chi connectivity index (χ4v) is 1.71. The molecule has 0 radical (unpaired) electrons. The van der Waals surface area contributed by atoms with Crippen LogP contribution in [-0.4, -0.2) is 5.16 Å². The van der Waals surface area contributed by atoms with Gasteiger partial charge in [-0.1, -0.05) is 29.4 Å². The zero-order valence-electron chi connectivity index (χ0n) is 8.04. The van der Waals surface area contributed by atoms with Gasteiger partial charge in [-0.05, 0) is 35.3 Å². The van der Waals surface area contributed by atoms with Gasteiger partial charge in [-0.15, -0.1) is 0 Å². The fourth-order valence-electron chi connectivity index (χ4n) is 1.35. The van der Waals surface area contributed by atoms with E-state index in [-0.39, 0.29) is 0 Å². The molecule has 2 rings (SSSR count). The van der Waals surface area contributed by atoms with E-state index in [9.17, 15) is 0 Å². The molecule has 0 bridgehead atoms. The van der Waals surface area contributed by atoms with Crippen molar-refractivity contribution in [3.8, 4) is 11.3 Å². The molecule has 0 aliphatic carbocycles. The lowest BCUT2D eigenvalue weighted by atomic mass is 10.1. The van der Waals surface area contributed by atoms with Crippen LogP contribution in [-0.2, 0) is 0 Å². The van der Waals surface area contributed by atoms with E-state index < -0.39 is 0 Å². The first-order chi connectivity index (χ1) is 6.70. The second-order valence-corrected chi connectivity index (χ2v) is 4.02. The van der Waals surface area contributed by atoms with Crippen molar-refractivity contribution in [3.05, 3.63) is 40.0 Å². The zero-order valence-corrected chi connectivity index (χ0v) is 9.63. The lowest BCUT2D eigenvalue weighted by Gasteiger charge is -2.00. The highest BCUT2D eigenvalue weighted by Crippen LogP contribution is 2.32. The molecule has 0 aliphatic rings. The number of benzene rings is 1. The van der Waals surface area contributed by atoms with E-state index in [1.54, 1.807) is 0 Å². The highest BCUT2D eigenvalue weighted by atomic mass is 79.9. The Morgan fingerprint density at radius 3 is 2.50 bits per heavy atom. The molecule has 3 heteroatoms. The third kappa shape index (κ3) is 1.48. The molecule has 0 unspecified atom stereocenters. The van der Waals surface area contributed by atoms with E-state index in [0.29, 0.717) is 0 Å². The standard InChI is InChI=1S/C11H10BrNO/c1-7-5-3-4-6-9(7)11-10(12)8(2)13-14-11/h3-6H,1-2H3. The molecule has 14 heavy (non-hydrogen) atoms. The maximum absolute atomic E-state index is 5.27. The van der Waals surface area contributed by atoms with Crippen LogP contribution in [0.5, 0.6) is 0 Å². The van der Waals surface area contributed by atoms with Gasteiger partial charge in [-0.25, -0.2) is 0 Å². The molecule has 0 aliphatic heterocycles. The van der Waals surface area contributed by atoms with Crippen molar-refractivity contribution in [2.75, 3.05) is 0 Å². The number of halogens is 1. The van der Waals surface area contributed by atoms with E-state index in [4.69, 9.17) is 4.52 Å². The first-order valence-electron chi connectivity index (χ1n) is 4.38. The average molecular weight is 252 g/mol. The van der Waals surface area contributed by atoms with Crippen molar-refractivity contribution < 1.29 is 4.52 Å². The second-order valence-electron chi connectivity index (χ2n) is 3.23. The minimum atomic E-state index is 0.806. The predicted molar refractivity (Wildman–Crippen MR) is 59.1 cm³/mol. The normalized spacial score (nSPS) is 10.5. The monoisotopic (exact) mass is 251 g/mol. The van der Waals surface area contributed by atoms with Crippen LogP contribution in [0.15, 0.2) is 33.3 Å². The van der Waals surface area contributed by atoms with Gasteiger partial charge in [-0.2, -0.15) is 0 Å². The quantitative estimate of drug-likeness (QED) is 0.773. The summed E-state index contributed by atoms with van der Waals surface area (Å²) in [6, 6.07) is 8.09. The van der Waals surface area contributed by atoms with Gasteiger partial charge >= 0.3 is 0 Å². The largest absolute Gasteiger partial charge is 0.355 e. The molecule has 0 atom stereocenters. The number of aryl methyl sites for hydroxylation is 2. The molecule has 0 amide bonds. The second kappa shape index (κ2) is 3.58. The fraction of sp³-hybridized carbons (Fsp3) is 0.182. The van der Waals surface area contributed by atoms with E-state index in [2.05, 4.69) is 34.1 Å². The molecule has 0 spiro atoms. The minimum absolute atomic E-state index is 0.806. The topological polar surface area (TPSA) is 26.0 Å². The molecule has 2 aromatic rings.